The molecule has 4 heteroatoms. The van der Waals surface area contributed by atoms with Crippen LogP contribution in [0.15, 0.2) is 48.5 Å². The molecule has 0 spiro atoms. The zero-order valence-electron chi connectivity index (χ0n) is 13.6. The largest absolute Gasteiger partial charge is 0.497 e. The van der Waals surface area contributed by atoms with Gasteiger partial charge in [0, 0.05) is 31.9 Å². The van der Waals surface area contributed by atoms with E-state index >= 15 is 0 Å². The second-order valence-corrected chi connectivity index (χ2v) is 5.79. The van der Waals surface area contributed by atoms with Gasteiger partial charge >= 0.3 is 0 Å². The molecule has 0 unspecified atom stereocenters. The minimum atomic E-state index is 0.790. The van der Waals surface area contributed by atoms with E-state index in [9.17, 15) is 0 Å². The summed E-state index contributed by atoms with van der Waals surface area (Å²) in [7, 11) is 1.70. The van der Waals surface area contributed by atoms with Gasteiger partial charge in [0.05, 0.1) is 20.3 Å². The van der Waals surface area contributed by atoms with Crippen LogP contribution in [0.5, 0.6) is 5.75 Å². The Labute approximate surface area is 138 Å². The van der Waals surface area contributed by atoms with Crippen molar-refractivity contribution in [2.75, 3.05) is 38.7 Å². The van der Waals surface area contributed by atoms with Gasteiger partial charge in [-0.1, -0.05) is 24.3 Å². The fraction of sp³-hybridized carbons (Fsp3) is 0.368. The quantitative estimate of drug-likeness (QED) is 0.888. The summed E-state index contributed by atoms with van der Waals surface area (Å²) in [5.74, 6) is 0.894. The second kappa shape index (κ2) is 7.99. The Morgan fingerprint density at radius 2 is 1.83 bits per heavy atom. The SMILES string of the molecule is COc1cccc(CNc2cccc(CN3CCOCC3)c2)c1. The molecule has 122 valence electrons. The topological polar surface area (TPSA) is 33.7 Å². The molecular formula is C19H24N2O2. The molecule has 1 aliphatic rings. The van der Waals surface area contributed by atoms with Gasteiger partial charge in [0.25, 0.3) is 0 Å². The van der Waals surface area contributed by atoms with Crippen LogP contribution in [-0.4, -0.2) is 38.3 Å². The molecule has 23 heavy (non-hydrogen) atoms. The molecule has 0 atom stereocenters. The Morgan fingerprint density at radius 1 is 1.04 bits per heavy atom. The predicted molar refractivity (Wildman–Crippen MR) is 92.9 cm³/mol. The van der Waals surface area contributed by atoms with Crippen LogP contribution in [0.25, 0.3) is 0 Å². The molecule has 1 saturated heterocycles. The highest BCUT2D eigenvalue weighted by Gasteiger charge is 2.10. The molecule has 2 aromatic rings. The van der Waals surface area contributed by atoms with Gasteiger partial charge < -0.3 is 14.8 Å². The molecule has 1 fully saturated rings. The number of ether oxygens (including phenoxy) is 2. The van der Waals surface area contributed by atoms with Crippen molar-refractivity contribution in [3.63, 3.8) is 0 Å². The van der Waals surface area contributed by atoms with Gasteiger partial charge in [0.1, 0.15) is 5.75 Å². The number of hydrogen-bond donors (Lipinski definition) is 1. The number of rotatable bonds is 6. The van der Waals surface area contributed by atoms with Crippen molar-refractivity contribution in [1.29, 1.82) is 0 Å². The van der Waals surface area contributed by atoms with Crippen LogP contribution in [0.2, 0.25) is 0 Å². The number of nitrogens with one attached hydrogen (secondary N) is 1. The summed E-state index contributed by atoms with van der Waals surface area (Å²) in [6.07, 6.45) is 0. The summed E-state index contributed by atoms with van der Waals surface area (Å²) in [4.78, 5) is 2.44. The average Bonchev–Trinajstić information content (AvgIpc) is 2.61. The standard InChI is InChI=1S/C19H24N2O2/c1-22-19-7-3-4-16(13-19)14-20-18-6-2-5-17(12-18)15-21-8-10-23-11-9-21/h2-7,12-13,20H,8-11,14-15H2,1H3. The molecule has 1 heterocycles. The van der Waals surface area contributed by atoms with Crippen molar-refractivity contribution in [3.8, 4) is 5.75 Å². The van der Waals surface area contributed by atoms with E-state index in [4.69, 9.17) is 9.47 Å². The first kappa shape index (κ1) is 15.8. The van der Waals surface area contributed by atoms with Crippen LogP contribution >= 0.6 is 0 Å². The molecule has 0 aliphatic carbocycles. The monoisotopic (exact) mass is 312 g/mol. The summed E-state index contributed by atoms with van der Waals surface area (Å²) < 4.78 is 10.7. The van der Waals surface area contributed by atoms with E-state index in [1.807, 2.05) is 12.1 Å². The zero-order valence-corrected chi connectivity index (χ0v) is 13.6. The van der Waals surface area contributed by atoms with Crippen molar-refractivity contribution in [1.82, 2.24) is 4.90 Å². The number of morpholine rings is 1. The molecule has 0 aromatic heterocycles. The molecule has 0 radical (unpaired) electrons. The third-order valence-corrected chi connectivity index (χ3v) is 4.07. The average molecular weight is 312 g/mol. The van der Waals surface area contributed by atoms with E-state index in [1.54, 1.807) is 7.11 Å². The molecule has 3 rings (SSSR count). The first-order valence-corrected chi connectivity index (χ1v) is 8.09. The Balaban J connectivity index is 1.58. The summed E-state index contributed by atoms with van der Waals surface area (Å²) in [5, 5.41) is 3.49. The summed E-state index contributed by atoms with van der Waals surface area (Å²) >= 11 is 0. The van der Waals surface area contributed by atoms with Gasteiger partial charge in [-0.2, -0.15) is 0 Å². The van der Waals surface area contributed by atoms with Gasteiger partial charge in [-0.15, -0.1) is 0 Å². The number of anilines is 1. The normalized spacial score (nSPS) is 15.3. The lowest BCUT2D eigenvalue weighted by Crippen LogP contribution is -2.35. The highest BCUT2D eigenvalue weighted by atomic mass is 16.5. The second-order valence-electron chi connectivity index (χ2n) is 5.79. The summed E-state index contributed by atoms with van der Waals surface area (Å²) in [5.41, 5.74) is 3.70. The lowest BCUT2D eigenvalue weighted by atomic mass is 10.1. The highest BCUT2D eigenvalue weighted by molar-refractivity contribution is 5.46. The van der Waals surface area contributed by atoms with E-state index in [-0.39, 0.29) is 0 Å². The molecule has 4 nitrogen and oxygen atoms in total. The maximum absolute atomic E-state index is 5.40. The number of benzene rings is 2. The van der Waals surface area contributed by atoms with Gasteiger partial charge in [-0.25, -0.2) is 0 Å². The lowest BCUT2D eigenvalue weighted by Gasteiger charge is -2.26. The molecule has 0 bridgehead atoms. The maximum Gasteiger partial charge on any atom is 0.119 e. The van der Waals surface area contributed by atoms with E-state index in [0.29, 0.717) is 0 Å². The van der Waals surface area contributed by atoms with Crippen LogP contribution in [0.1, 0.15) is 11.1 Å². The fourth-order valence-corrected chi connectivity index (χ4v) is 2.78. The number of methoxy groups -OCH3 is 1. The van der Waals surface area contributed by atoms with E-state index < -0.39 is 0 Å². The van der Waals surface area contributed by atoms with Gasteiger partial charge in [0.15, 0.2) is 0 Å². The van der Waals surface area contributed by atoms with Crippen LogP contribution < -0.4 is 10.1 Å². The summed E-state index contributed by atoms with van der Waals surface area (Å²) in [6.45, 7) is 5.49. The van der Waals surface area contributed by atoms with Gasteiger partial charge in [0.2, 0.25) is 0 Å². The maximum atomic E-state index is 5.40. The third kappa shape index (κ3) is 4.71. The molecule has 0 amide bonds. The Hall–Kier alpha value is -2.04. The first-order chi connectivity index (χ1) is 11.3. The predicted octanol–water partition coefficient (Wildman–Crippen LogP) is 3.14. The molecule has 2 aromatic carbocycles. The van der Waals surface area contributed by atoms with E-state index in [1.165, 1.54) is 11.1 Å². The zero-order chi connectivity index (χ0) is 15.9. The van der Waals surface area contributed by atoms with Crippen molar-refractivity contribution >= 4 is 5.69 Å². The first-order valence-electron chi connectivity index (χ1n) is 8.09. The Kier molecular flexibility index (Phi) is 5.51. The minimum Gasteiger partial charge on any atom is -0.497 e. The van der Waals surface area contributed by atoms with Crippen molar-refractivity contribution in [2.24, 2.45) is 0 Å². The molecule has 0 saturated carbocycles. The molecule has 1 N–H and O–H groups in total. The number of hydrogen-bond acceptors (Lipinski definition) is 4. The van der Waals surface area contributed by atoms with Crippen LogP contribution in [-0.2, 0) is 17.8 Å². The van der Waals surface area contributed by atoms with Crippen molar-refractivity contribution in [2.45, 2.75) is 13.1 Å². The minimum absolute atomic E-state index is 0.790. The Bertz CT molecular complexity index is 624. The van der Waals surface area contributed by atoms with Crippen LogP contribution in [0.4, 0.5) is 5.69 Å². The van der Waals surface area contributed by atoms with E-state index in [2.05, 4.69) is 46.6 Å². The Morgan fingerprint density at radius 3 is 2.65 bits per heavy atom. The van der Waals surface area contributed by atoms with Gasteiger partial charge in [-0.3, -0.25) is 4.90 Å². The highest BCUT2D eigenvalue weighted by Crippen LogP contribution is 2.17. The smallest absolute Gasteiger partial charge is 0.119 e. The van der Waals surface area contributed by atoms with E-state index in [0.717, 1.165) is 50.8 Å². The molecular weight excluding hydrogens is 288 g/mol. The summed E-state index contributed by atoms with van der Waals surface area (Å²) in [6, 6.07) is 16.8. The third-order valence-electron chi connectivity index (χ3n) is 4.07. The lowest BCUT2D eigenvalue weighted by molar-refractivity contribution is 0.0342. The molecule has 1 aliphatic heterocycles. The van der Waals surface area contributed by atoms with Crippen LogP contribution in [0, 0.1) is 0 Å². The number of nitrogens with zero attached hydrogens (tertiary/aromatic N) is 1. The fourth-order valence-electron chi connectivity index (χ4n) is 2.78. The van der Waals surface area contributed by atoms with Gasteiger partial charge in [-0.05, 0) is 35.4 Å². The van der Waals surface area contributed by atoms with Crippen LogP contribution in [0.3, 0.4) is 0 Å². The van der Waals surface area contributed by atoms with Crippen molar-refractivity contribution in [3.05, 3.63) is 59.7 Å². The van der Waals surface area contributed by atoms with Crippen molar-refractivity contribution < 1.29 is 9.47 Å².